The number of ether oxygens (including phenoxy) is 1. The summed E-state index contributed by atoms with van der Waals surface area (Å²) in [5.41, 5.74) is 7.10. The molecule has 1 aromatic rings. The molecule has 0 bridgehead atoms. The highest BCUT2D eigenvalue weighted by Crippen LogP contribution is 2.20. The van der Waals surface area contributed by atoms with E-state index in [1.807, 2.05) is 26.0 Å². The van der Waals surface area contributed by atoms with Gasteiger partial charge in [-0.3, -0.25) is 0 Å². The van der Waals surface area contributed by atoms with Crippen molar-refractivity contribution in [3.8, 4) is 5.75 Å². The van der Waals surface area contributed by atoms with Crippen LogP contribution >= 0.6 is 0 Å². The minimum Gasteiger partial charge on any atom is -0.494 e. The summed E-state index contributed by atoms with van der Waals surface area (Å²) < 4.78 is 5.37. The smallest absolute Gasteiger partial charge is 0.119 e. The van der Waals surface area contributed by atoms with Crippen LogP contribution in [0.1, 0.15) is 32.3 Å². The second-order valence-corrected chi connectivity index (χ2v) is 3.65. The minimum absolute atomic E-state index is 0.188. The van der Waals surface area contributed by atoms with Gasteiger partial charge in [-0.25, -0.2) is 0 Å². The second-order valence-electron chi connectivity index (χ2n) is 3.65. The Kier molecular flexibility index (Phi) is 3.96. The molecule has 2 atom stereocenters. The first-order valence-corrected chi connectivity index (χ1v) is 5.13. The first-order chi connectivity index (χ1) is 6.65. The Labute approximate surface area is 86.1 Å². The van der Waals surface area contributed by atoms with E-state index in [0.29, 0.717) is 12.5 Å². The Bertz CT molecular complexity index is 266. The van der Waals surface area contributed by atoms with E-state index < -0.39 is 0 Å². The van der Waals surface area contributed by atoms with Crippen molar-refractivity contribution in [1.29, 1.82) is 0 Å². The normalized spacial score (nSPS) is 14.9. The van der Waals surface area contributed by atoms with Gasteiger partial charge in [-0.2, -0.15) is 0 Å². The van der Waals surface area contributed by atoms with E-state index in [0.717, 1.165) is 5.75 Å². The third-order valence-corrected chi connectivity index (χ3v) is 2.51. The van der Waals surface area contributed by atoms with Gasteiger partial charge in [-0.1, -0.05) is 19.1 Å². The largest absolute Gasteiger partial charge is 0.494 e. The van der Waals surface area contributed by atoms with Gasteiger partial charge in [-0.15, -0.1) is 0 Å². The number of hydrogen-bond acceptors (Lipinski definition) is 2. The first-order valence-electron chi connectivity index (χ1n) is 5.13. The van der Waals surface area contributed by atoms with Gasteiger partial charge in [0.25, 0.3) is 0 Å². The summed E-state index contributed by atoms with van der Waals surface area (Å²) in [5, 5.41) is 0. The summed E-state index contributed by atoms with van der Waals surface area (Å²) in [6.45, 7) is 6.86. The zero-order valence-corrected chi connectivity index (χ0v) is 9.16. The van der Waals surface area contributed by atoms with E-state index in [1.54, 1.807) is 0 Å². The van der Waals surface area contributed by atoms with Gasteiger partial charge < -0.3 is 10.5 Å². The fraction of sp³-hybridized carbons (Fsp3) is 0.500. The molecule has 2 N–H and O–H groups in total. The molecule has 0 aliphatic carbocycles. The van der Waals surface area contributed by atoms with Gasteiger partial charge in [-0.05, 0) is 37.5 Å². The summed E-state index contributed by atoms with van der Waals surface area (Å²) >= 11 is 0. The Hall–Kier alpha value is -1.02. The van der Waals surface area contributed by atoms with Crippen LogP contribution in [0.4, 0.5) is 0 Å². The molecule has 0 radical (unpaired) electrons. The van der Waals surface area contributed by atoms with E-state index in [-0.39, 0.29) is 6.04 Å². The molecule has 2 unspecified atom stereocenters. The van der Waals surface area contributed by atoms with E-state index >= 15 is 0 Å². The maximum atomic E-state index is 5.83. The molecule has 0 aliphatic rings. The van der Waals surface area contributed by atoms with Gasteiger partial charge in [0.05, 0.1) is 6.61 Å². The van der Waals surface area contributed by atoms with Crippen molar-refractivity contribution in [2.45, 2.75) is 32.7 Å². The van der Waals surface area contributed by atoms with Crippen molar-refractivity contribution in [2.75, 3.05) is 6.61 Å². The highest BCUT2D eigenvalue weighted by atomic mass is 16.5. The predicted octanol–water partition coefficient (Wildman–Crippen LogP) is 2.54. The molecular formula is C12H19NO. The fourth-order valence-corrected chi connectivity index (χ4v) is 1.34. The summed E-state index contributed by atoms with van der Waals surface area (Å²) in [4.78, 5) is 0. The Morgan fingerprint density at radius 2 is 1.79 bits per heavy atom. The highest BCUT2D eigenvalue weighted by molar-refractivity contribution is 5.29. The van der Waals surface area contributed by atoms with Crippen molar-refractivity contribution >= 4 is 0 Å². The number of rotatable bonds is 4. The summed E-state index contributed by atoms with van der Waals surface area (Å²) in [5.74, 6) is 1.32. The minimum atomic E-state index is 0.188. The average Bonchev–Trinajstić information content (AvgIpc) is 2.18. The van der Waals surface area contributed by atoms with E-state index in [2.05, 4.69) is 19.1 Å². The summed E-state index contributed by atoms with van der Waals surface area (Å²) in [6, 6.07) is 8.35. The molecule has 0 fully saturated rings. The lowest BCUT2D eigenvalue weighted by atomic mass is 9.95. The van der Waals surface area contributed by atoms with Gasteiger partial charge >= 0.3 is 0 Å². The van der Waals surface area contributed by atoms with Crippen molar-refractivity contribution in [3.05, 3.63) is 29.8 Å². The Morgan fingerprint density at radius 3 is 2.21 bits per heavy atom. The van der Waals surface area contributed by atoms with Gasteiger partial charge in [0.15, 0.2) is 0 Å². The van der Waals surface area contributed by atoms with Crippen molar-refractivity contribution in [1.82, 2.24) is 0 Å². The molecule has 0 spiro atoms. The SMILES string of the molecule is CCOc1ccc(C(C)C(C)N)cc1. The standard InChI is InChI=1S/C12H19NO/c1-4-14-12-7-5-11(6-8-12)9(2)10(3)13/h5-10H,4,13H2,1-3H3. The zero-order valence-electron chi connectivity index (χ0n) is 9.16. The monoisotopic (exact) mass is 193 g/mol. The van der Waals surface area contributed by atoms with E-state index in [4.69, 9.17) is 10.5 Å². The van der Waals surface area contributed by atoms with Crippen LogP contribution in [0.15, 0.2) is 24.3 Å². The molecule has 2 nitrogen and oxygen atoms in total. The van der Waals surface area contributed by atoms with Crippen LogP contribution in [0, 0.1) is 0 Å². The third-order valence-electron chi connectivity index (χ3n) is 2.51. The van der Waals surface area contributed by atoms with Gasteiger partial charge in [0, 0.05) is 6.04 Å². The quantitative estimate of drug-likeness (QED) is 0.797. The number of hydrogen-bond donors (Lipinski definition) is 1. The maximum absolute atomic E-state index is 5.83. The van der Waals surface area contributed by atoms with Crippen molar-refractivity contribution in [3.63, 3.8) is 0 Å². The molecule has 0 aromatic heterocycles. The molecule has 1 aromatic carbocycles. The molecule has 14 heavy (non-hydrogen) atoms. The van der Waals surface area contributed by atoms with Crippen LogP contribution in [-0.4, -0.2) is 12.6 Å². The van der Waals surface area contributed by atoms with Crippen LogP contribution in [0.2, 0.25) is 0 Å². The average molecular weight is 193 g/mol. The topological polar surface area (TPSA) is 35.2 Å². The van der Waals surface area contributed by atoms with Gasteiger partial charge in [0.1, 0.15) is 5.75 Å². The number of benzene rings is 1. The molecular weight excluding hydrogens is 174 g/mol. The molecule has 0 aliphatic heterocycles. The first kappa shape index (κ1) is 11.1. The van der Waals surface area contributed by atoms with Gasteiger partial charge in [0.2, 0.25) is 0 Å². The van der Waals surface area contributed by atoms with E-state index in [9.17, 15) is 0 Å². The predicted molar refractivity (Wildman–Crippen MR) is 59.7 cm³/mol. The highest BCUT2D eigenvalue weighted by Gasteiger charge is 2.09. The number of nitrogens with two attached hydrogens (primary N) is 1. The van der Waals surface area contributed by atoms with Crippen molar-refractivity contribution < 1.29 is 4.74 Å². The van der Waals surface area contributed by atoms with Crippen LogP contribution in [0.3, 0.4) is 0 Å². The second kappa shape index (κ2) is 5.01. The molecule has 0 heterocycles. The lowest BCUT2D eigenvalue weighted by Crippen LogP contribution is -2.22. The van der Waals surface area contributed by atoms with Crippen LogP contribution in [-0.2, 0) is 0 Å². The lowest BCUT2D eigenvalue weighted by Gasteiger charge is -2.16. The summed E-state index contributed by atoms with van der Waals surface area (Å²) in [6.07, 6.45) is 0. The maximum Gasteiger partial charge on any atom is 0.119 e. The Balaban J connectivity index is 2.72. The van der Waals surface area contributed by atoms with Crippen LogP contribution in [0.5, 0.6) is 5.75 Å². The van der Waals surface area contributed by atoms with E-state index in [1.165, 1.54) is 5.56 Å². The summed E-state index contributed by atoms with van der Waals surface area (Å²) in [7, 11) is 0. The molecule has 0 saturated carbocycles. The van der Waals surface area contributed by atoms with Crippen LogP contribution < -0.4 is 10.5 Å². The molecule has 78 valence electrons. The molecule has 1 rings (SSSR count). The van der Waals surface area contributed by atoms with Crippen LogP contribution in [0.25, 0.3) is 0 Å². The van der Waals surface area contributed by atoms with Crippen molar-refractivity contribution in [2.24, 2.45) is 5.73 Å². The lowest BCUT2D eigenvalue weighted by molar-refractivity contribution is 0.340. The molecule has 0 saturated heterocycles. The molecule has 2 heteroatoms. The molecule has 0 amide bonds. The Morgan fingerprint density at radius 1 is 1.21 bits per heavy atom. The third kappa shape index (κ3) is 2.74. The fourth-order valence-electron chi connectivity index (χ4n) is 1.34. The zero-order chi connectivity index (χ0) is 10.6.